The van der Waals surface area contributed by atoms with Crippen molar-refractivity contribution < 1.29 is 4.74 Å². The predicted octanol–water partition coefficient (Wildman–Crippen LogP) is 2.34. The van der Waals surface area contributed by atoms with Crippen molar-refractivity contribution in [2.45, 2.75) is 25.2 Å². The van der Waals surface area contributed by atoms with Gasteiger partial charge in [-0.1, -0.05) is 19.1 Å². The number of hydrogen-bond donors (Lipinski definition) is 1. The lowest BCUT2D eigenvalue weighted by Crippen LogP contribution is -2.41. The molecule has 1 aliphatic heterocycles. The van der Waals surface area contributed by atoms with Crippen LogP contribution in [0.3, 0.4) is 0 Å². The van der Waals surface area contributed by atoms with Gasteiger partial charge in [0.1, 0.15) is 5.75 Å². The summed E-state index contributed by atoms with van der Waals surface area (Å²) in [5, 5.41) is 3.47. The van der Waals surface area contributed by atoms with Crippen LogP contribution >= 0.6 is 0 Å². The number of hydrogen-bond acceptors (Lipinski definition) is 2. The zero-order valence-electron chi connectivity index (χ0n) is 9.55. The Kier molecular flexibility index (Phi) is 2.96. The smallest absolute Gasteiger partial charge is 0.119 e. The quantitative estimate of drug-likeness (QED) is 0.800. The molecule has 1 fully saturated rings. The molecule has 0 bridgehead atoms. The van der Waals surface area contributed by atoms with Crippen molar-refractivity contribution in [3.05, 3.63) is 29.8 Å². The van der Waals surface area contributed by atoms with Gasteiger partial charge in [0.25, 0.3) is 0 Å². The predicted molar refractivity (Wildman–Crippen MR) is 62.4 cm³/mol. The van der Waals surface area contributed by atoms with Gasteiger partial charge in [-0.15, -0.1) is 0 Å². The van der Waals surface area contributed by atoms with E-state index in [1.165, 1.54) is 18.4 Å². The standard InChI is InChI=1S/C13H19NO/c1-13(7-4-8-14-10-13)11-5-3-6-12(9-11)15-2/h3,5-6,9,14H,4,7-8,10H2,1-2H3/t13-/m1/s1. The maximum absolute atomic E-state index is 5.27. The average molecular weight is 205 g/mol. The molecule has 1 heterocycles. The van der Waals surface area contributed by atoms with E-state index in [4.69, 9.17) is 4.74 Å². The number of rotatable bonds is 2. The lowest BCUT2D eigenvalue weighted by atomic mass is 9.76. The van der Waals surface area contributed by atoms with Gasteiger partial charge < -0.3 is 10.1 Å². The molecule has 0 aliphatic carbocycles. The minimum atomic E-state index is 0.271. The Morgan fingerprint density at radius 3 is 2.93 bits per heavy atom. The van der Waals surface area contributed by atoms with Crippen molar-refractivity contribution in [2.75, 3.05) is 20.2 Å². The zero-order valence-corrected chi connectivity index (χ0v) is 9.55. The van der Waals surface area contributed by atoms with Crippen LogP contribution in [0.5, 0.6) is 5.75 Å². The van der Waals surface area contributed by atoms with Crippen LogP contribution in [-0.4, -0.2) is 20.2 Å². The number of methoxy groups -OCH3 is 1. The van der Waals surface area contributed by atoms with E-state index in [0.29, 0.717) is 0 Å². The fourth-order valence-corrected chi connectivity index (χ4v) is 2.30. The summed E-state index contributed by atoms with van der Waals surface area (Å²) in [4.78, 5) is 0. The molecule has 1 atom stereocenters. The van der Waals surface area contributed by atoms with Crippen molar-refractivity contribution in [1.29, 1.82) is 0 Å². The highest BCUT2D eigenvalue weighted by Gasteiger charge is 2.28. The molecule has 2 heteroatoms. The SMILES string of the molecule is COc1cccc([C@]2(C)CCCNC2)c1. The summed E-state index contributed by atoms with van der Waals surface area (Å²) in [5.41, 5.74) is 1.65. The molecule has 0 saturated carbocycles. The molecule has 1 aromatic rings. The van der Waals surface area contributed by atoms with Crippen molar-refractivity contribution in [2.24, 2.45) is 0 Å². The second kappa shape index (κ2) is 4.23. The summed E-state index contributed by atoms with van der Waals surface area (Å²) >= 11 is 0. The second-order valence-corrected chi connectivity index (χ2v) is 4.57. The van der Waals surface area contributed by atoms with Gasteiger partial charge in [0.15, 0.2) is 0 Å². The first-order chi connectivity index (χ1) is 7.24. The lowest BCUT2D eigenvalue weighted by molar-refractivity contribution is 0.337. The Morgan fingerprint density at radius 2 is 2.27 bits per heavy atom. The van der Waals surface area contributed by atoms with Gasteiger partial charge in [-0.2, -0.15) is 0 Å². The van der Waals surface area contributed by atoms with Gasteiger partial charge >= 0.3 is 0 Å². The molecular formula is C13H19NO. The minimum absolute atomic E-state index is 0.271. The van der Waals surface area contributed by atoms with E-state index in [1.54, 1.807) is 7.11 Å². The molecule has 0 spiro atoms. The first kappa shape index (κ1) is 10.5. The van der Waals surface area contributed by atoms with Crippen LogP contribution in [0, 0.1) is 0 Å². The Balaban J connectivity index is 2.26. The third-order valence-electron chi connectivity index (χ3n) is 3.36. The first-order valence-electron chi connectivity index (χ1n) is 5.60. The number of nitrogens with one attached hydrogen (secondary N) is 1. The monoisotopic (exact) mass is 205 g/mol. The largest absolute Gasteiger partial charge is 0.497 e. The van der Waals surface area contributed by atoms with E-state index in [9.17, 15) is 0 Å². The maximum Gasteiger partial charge on any atom is 0.119 e. The Labute approximate surface area is 91.6 Å². The molecule has 0 amide bonds. The normalized spacial score (nSPS) is 26.3. The average Bonchev–Trinajstić information content (AvgIpc) is 2.30. The highest BCUT2D eigenvalue weighted by atomic mass is 16.5. The lowest BCUT2D eigenvalue weighted by Gasteiger charge is -2.34. The number of piperidine rings is 1. The van der Waals surface area contributed by atoms with Crippen molar-refractivity contribution in [1.82, 2.24) is 5.32 Å². The fourth-order valence-electron chi connectivity index (χ4n) is 2.30. The molecule has 1 saturated heterocycles. The second-order valence-electron chi connectivity index (χ2n) is 4.57. The molecule has 1 aliphatic rings. The summed E-state index contributed by atoms with van der Waals surface area (Å²) in [6.45, 7) is 4.55. The van der Waals surface area contributed by atoms with Crippen LogP contribution in [0.4, 0.5) is 0 Å². The molecule has 82 valence electrons. The van der Waals surface area contributed by atoms with Crippen LogP contribution in [0.2, 0.25) is 0 Å². The minimum Gasteiger partial charge on any atom is -0.497 e. The number of benzene rings is 1. The molecule has 0 aromatic heterocycles. The zero-order chi connectivity index (χ0) is 10.7. The highest BCUT2D eigenvalue weighted by Crippen LogP contribution is 2.32. The van der Waals surface area contributed by atoms with Crippen LogP contribution in [0.25, 0.3) is 0 Å². The Hall–Kier alpha value is -1.02. The summed E-state index contributed by atoms with van der Waals surface area (Å²) in [6, 6.07) is 8.44. The van der Waals surface area contributed by atoms with Crippen molar-refractivity contribution >= 4 is 0 Å². The van der Waals surface area contributed by atoms with E-state index >= 15 is 0 Å². The van der Waals surface area contributed by atoms with E-state index in [2.05, 4.69) is 30.4 Å². The fraction of sp³-hybridized carbons (Fsp3) is 0.538. The van der Waals surface area contributed by atoms with Gasteiger partial charge in [-0.05, 0) is 37.1 Å². The summed E-state index contributed by atoms with van der Waals surface area (Å²) in [7, 11) is 1.72. The first-order valence-corrected chi connectivity index (χ1v) is 5.60. The van der Waals surface area contributed by atoms with Crippen LogP contribution in [-0.2, 0) is 5.41 Å². The van der Waals surface area contributed by atoms with E-state index in [1.807, 2.05) is 6.07 Å². The Bertz CT molecular complexity index is 329. The van der Waals surface area contributed by atoms with Crippen LogP contribution in [0.15, 0.2) is 24.3 Å². The van der Waals surface area contributed by atoms with Crippen molar-refractivity contribution in [3.8, 4) is 5.75 Å². The molecular weight excluding hydrogens is 186 g/mol. The Morgan fingerprint density at radius 1 is 1.40 bits per heavy atom. The number of ether oxygens (including phenoxy) is 1. The molecule has 1 aromatic carbocycles. The molecule has 15 heavy (non-hydrogen) atoms. The highest BCUT2D eigenvalue weighted by molar-refractivity contribution is 5.34. The van der Waals surface area contributed by atoms with Gasteiger partial charge in [0.2, 0.25) is 0 Å². The molecule has 2 rings (SSSR count). The molecule has 1 N–H and O–H groups in total. The van der Waals surface area contributed by atoms with Crippen LogP contribution in [0.1, 0.15) is 25.3 Å². The van der Waals surface area contributed by atoms with E-state index in [-0.39, 0.29) is 5.41 Å². The maximum atomic E-state index is 5.27. The molecule has 0 radical (unpaired) electrons. The summed E-state index contributed by atoms with van der Waals surface area (Å²) in [6.07, 6.45) is 2.51. The van der Waals surface area contributed by atoms with E-state index in [0.717, 1.165) is 18.8 Å². The van der Waals surface area contributed by atoms with Crippen LogP contribution < -0.4 is 10.1 Å². The third-order valence-corrected chi connectivity index (χ3v) is 3.36. The van der Waals surface area contributed by atoms with Crippen molar-refractivity contribution in [3.63, 3.8) is 0 Å². The summed E-state index contributed by atoms with van der Waals surface area (Å²) in [5.74, 6) is 0.958. The summed E-state index contributed by atoms with van der Waals surface area (Å²) < 4.78 is 5.27. The van der Waals surface area contributed by atoms with Gasteiger partial charge in [0.05, 0.1) is 7.11 Å². The third kappa shape index (κ3) is 2.15. The molecule has 0 unspecified atom stereocenters. The van der Waals surface area contributed by atoms with Gasteiger partial charge in [-0.3, -0.25) is 0 Å². The van der Waals surface area contributed by atoms with E-state index < -0.39 is 0 Å². The van der Waals surface area contributed by atoms with Gasteiger partial charge in [0, 0.05) is 12.0 Å². The molecule has 2 nitrogen and oxygen atoms in total. The topological polar surface area (TPSA) is 21.3 Å². The van der Waals surface area contributed by atoms with Gasteiger partial charge in [-0.25, -0.2) is 0 Å².